The van der Waals surface area contributed by atoms with Crippen LogP contribution < -0.4 is 5.32 Å². The molecular formula is C16H30N2O. The summed E-state index contributed by atoms with van der Waals surface area (Å²) in [7, 11) is 0. The van der Waals surface area contributed by atoms with Crippen LogP contribution in [0.4, 0.5) is 0 Å². The van der Waals surface area contributed by atoms with Crippen molar-refractivity contribution >= 4 is 0 Å². The number of rotatable bonds is 4. The highest BCUT2D eigenvalue weighted by Crippen LogP contribution is 2.42. The van der Waals surface area contributed by atoms with Crippen LogP contribution >= 0.6 is 0 Å². The summed E-state index contributed by atoms with van der Waals surface area (Å²) in [6.45, 7) is 7.33. The van der Waals surface area contributed by atoms with E-state index in [1.165, 1.54) is 38.8 Å². The Hall–Kier alpha value is -0.120. The second-order valence-electron chi connectivity index (χ2n) is 7.54. The monoisotopic (exact) mass is 266 g/mol. The lowest BCUT2D eigenvalue weighted by atomic mass is 9.97. The highest BCUT2D eigenvalue weighted by atomic mass is 16.3. The van der Waals surface area contributed by atoms with Crippen LogP contribution in [0.2, 0.25) is 0 Å². The molecule has 3 rings (SSSR count). The maximum atomic E-state index is 9.81. The van der Waals surface area contributed by atoms with E-state index in [1.807, 2.05) is 0 Å². The van der Waals surface area contributed by atoms with Gasteiger partial charge in [-0.15, -0.1) is 0 Å². The van der Waals surface area contributed by atoms with E-state index in [0.717, 1.165) is 24.7 Å². The summed E-state index contributed by atoms with van der Waals surface area (Å²) in [4.78, 5) is 2.74. The first-order chi connectivity index (χ1) is 9.12. The third kappa shape index (κ3) is 2.70. The number of nitrogens with zero attached hydrogens (tertiary/aromatic N) is 1. The Morgan fingerprint density at radius 2 is 1.89 bits per heavy atom. The molecule has 3 nitrogen and oxygen atoms in total. The summed E-state index contributed by atoms with van der Waals surface area (Å²) < 4.78 is 0. The first-order valence-electron chi connectivity index (χ1n) is 8.24. The topological polar surface area (TPSA) is 35.5 Å². The molecule has 19 heavy (non-hydrogen) atoms. The summed E-state index contributed by atoms with van der Waals surface area (Å²) in [6, 6.07) is 1.17. The van der Waals surface area contributed by atoms with Gasteiger partial charge in [0.05, 0.1) is 6.61 Å². The van der Waals surface area contributed by atoms with E-state index in [2.05, 4.69) is 24.1 Å². The Bertz CT molecular complexity index is 308. The Labute approximate surface area is 117 Å². The highest BCUT2D eigenvalue weighted by Gasteiger charge is 2.45. The Kier molecular flexibility index (Phi) is 3.89. The largest absolute Gasteiger partial charge is 0.394 e. The molecular weight excluding hydrogens is 236 g/mol. The molecule has 0 radical (unpaired) electrons. The zero-order valence-corrected chi connectivity index (χ0v) is 12.6. The predicted octanol–water partition coefficient (Wildman–Crippen LogP) is 2.00. The van der Waals surface area contributed by atoms with Crippen LogP contribution in [0.1, 0.15) is 52.4 Å². The number of hydrogen-bond donors (Lipinski definition) is 2. The van der Waals surface area contributed by atoms with E-state index in [0.29, 0.717) is 18.7 Å². The van der Waals surface area contributed by atoms with Crippen LogP contribution in [0.3, 0.4) is 0 Å². The lowest BCUT2D eigenvalue weighted by Crippen LogP contribution is -2.50. The van der Waals surface area contributed by atoms with Crippen molar-refractivity contribution in [2.24, 2.45) is 11.8 Å². The Balaban J connectivity index is 1.59. The van der Waals surface area contributed by atoms with Crippen molar-refractivity contribution in [3.05, 3.63) is 0 Å². The highest BCUT2D eigenvalue weighted by molar-refractivity contribution is 5.02. The van der Waals surface area contributed by atoms with Gasteiger partial charge >= 0.3 is 0 Å². The van der Waals surface area contributed by atoms with Crippen molar-refractivity contribution in [1.29, 1.82) is 0 Å². The zero-order chi connectivity index (χ0) is 13.5. The van der Waals surface area contributed by atoms with Gasteiger partial charge in [0.1, 0.15) is 0 Å². The molecule has 2 aliphatic carbocycles. The van der Waals surface area contributed by atoms with Crippen molar-refractivity contribution in [2.45, 2.75) is 70.0 Å². The standard InChI is InChI=1S/C16H30N2O/c1-12(2)17-16(11-19)7-6-15(8-16)18-9-13-4-3-5-14(13)10-18/h12-15,17,19H,3-11H2,1-2H3. The van der Waals surface area contributed by atoms with Crippen LogP contribution in [0.15, 0.2) is 0 Å². The lowest BCUT2D eigenvalue weighted by Gasteiger charge is -2.32. The summed E-state index contributed by atoms with van der Waals surface area (Å²) in [6.07, 6.45) is 7.93. The second-order valence-corrected chi connectivity index (χ2v) is 7.54. The van der Waals surface area contributed by atoms with Crippen molar-refractivity contribution < 1.29 is 5.11 Å². The minimum absolute atomic E-state index is 0.00344. The summed E-state index contributed by atoms with van der Waals surface area (Å²) >= 11 is 0. The zero-order valence-electron chi connectivity index (χ0n) is 12.6. The minimum atomic E-state index is -0.00344. The fourth-order valence-electron chi connectivity index (χ4n) is 4.91. The van der Waals surface area contributed by atoms with E-state index in [4.69, 9.17) is 0 Å². The van der Waals surface area contributed by atoms with Gasteiger partial charge in [-0.3, -0.25) is 4.90 Å². The van der Waals surface area contributed by atoms with Gasteiger partial charge in [-0.2, -0.15) is 0 Å². The number of likely N-dealkylation sites (tertiary alicyclic amines) is 1. The molecule has 1 saturated heterocycles. The molecule has 3 aliphatic rings. The molecule has 1 aliphatic heterocycles. The molecule has 1 heterocycles. The van der Waals surface area contributed by atoms with Crippen molar-refractivity contribution in [1.82, 2.24) is 10.2 Å². The lowest BCUT2D eigenvalue weighted by molar-refractivity contribution is 0.140. The van der Waals surface area contributed by atoms with Gasteiger partial charge < -0.3 is 10.4 Å². The molecule has 4 atom stereocenters. The molecule has 0 spiro atoms. The van der Waals surface area contributed by atoms with Crippen molar-refractivity contribution in [3.8, 4) is 0 Å². The molecule has 0 aromatic heterocycles. The summed E-state index contributed by atoms with van der Waals surface area (Å²) in [5.41, 5.74) is -0.00344. The maximum Gasteiger partial charge on any atom is 0.0614 e. The fourth-order valence-corrected chi connectivity index (χ4v) is 4.91. The number of fused-ring (bicyclic) bond motifs is 1. The van der Waals surface area contributed by atoms with Crippen LogP contribution in [-0.2, 0) is 0 Å². The Morgan fingerprint density at radius 3 is 2.47 bits per heavy atom. The molecule has 4 unspecified atom stereocenters. The third-order valence-corrected chi connectivity index (χ3v) is 5.75. The molecule has 0 aromatic rings. The molecule has 0 aromatic carbocycles. The molecule has 2 N–H and O–H groups in total. The third-order valence-electron chi connectivity index (χ3n) is 5.75. The fraction of sp³-hybridized carbons (Fsp3) is 1.00. The number of aliphatic hydroxyl groups is 1. The van der Waals surface area contributed by atoms with Crippen LogP contribution in [0, 0.1) is 11.8 Å². The minimum Gasteiger partial charge on any atom is -0.394 e. The normalized spacial score (nSPS) is 43.3. The molecule has 2 saturated carbocycles. The first-order valence-corrected chi connectivity index (χ1v) is 8.24. The van der Waals surface area contributed by atoms with Gasteiger partial charge in [0.25, 0.3) is 0 Å². The van der Waals surface area contributed by atoms with E-state index in [1.54, 1.807) is 0 Å². The van der Waals surface area contributed by atoms with E-state index in [9.17, 15) is 5.11 Å². The van der Waals surface area contributed by atoms with E-state index < -0.39 is 0 Å². The average Bonchev–Trinajstić information content (AvgIpc) is 3.00. The second kappa shape index (κ2) is 5.34. The molecule has 0 bridgehead atoms. The first kappa shape index (κ1) is 13.8. The number of nitrogens with one attached hydrogen (secondary N) is 1. The maximum absolute atomic E-state index is 9.81. The summed E-state index contributed by atoms with van der Waals surface area (Å²) in [5.74, 6) is 1.98. The van der Waals surface area contributed by atoms with Gasteiger partial charge in [0.2, 0.25) is 0 Å². The van der Waals surface area contributed by atoms with Crippen molar-refractivity contribution in [3.63, 3.8) is 0 Å². The molecule has 0 amide bonds. The van der Waals surface area contributed by atoms with Gasteiger partial charge in [0, 0.05) is 30.7 Å². The smallest absolute Gasteiger partial charge is 0.0614 e. The number of hydrogen-bond acceptors (Lipinski definition) is 3. The molecule has 110 valence electrons. The number of aliphatic hydroxyl groups excluding tert-OH is 1. The van der Waals surface area contributed by atoms with Crippen LogP contribution in [-0.4, -0.2) is 47.3 Å². The SMILES string of the molecule is CC(C)NC1(CO)CCC(N2CC3CCCC3C2)C1. The quantitative estimate of drug-likeness (QED) is 0.817. The van der Waals surface area contributed by atoms with Gasteiger partial charge in [0.15, 0.2) is 0 Å². The predicted molar refractivity (Wildman–Crippen MR) is 78.1 cm³/mol. The van der Waals surface area contributed by atoms with E-state index in [-0.39, 0.29) is 5.54 Å². The van der Waals surface area contributed by atoms with Crippen LogP contribution in [0.25, 0.3) is 0 Å². The van der Waals surface area contributed by atoms with Gasteiger partial charge in [-0.25, -0.2) is 0 Å². The molecule has 3 fully saturated rings. The van der Waals surface area contributed by atoms with Gasteiger partial charge in [-0.05, 0) is 43.9 Å². The van der Waals surface area contributed by atoms with Crippen molar-refractivity contribution in [2.75, 3.05) is 19.7 Å². The van der Waals surface area contributed by atoms with E-state index >= 15 is 0 Å². The average molecular weight is 266 g/mol. The van der Waals surface area contributed by atoms with Crippen LogP contribution in [0.5, 0.6) is 0 Å². The Morgan fingerprint density at radius 1 is 1.21 bits per heavy atom. The summed E-state index contributed by atoms with van der Waals surface area (Å²) in [5, 5.41) is 13.4. The van der Waals surface area contributed by atoms with Gasteiger partial charge in [-0.1, -0.05) is 20.3 Å². The molecule has 3 heteroatoms.